The Bertz CT molecular complexity index is 405. The van der Waals surface area contributed by atoms with Gasteiger partial charge in [-0.3, -0.25) is 0 Å². The average molecular weight is 365 g/mol. The molecule has 0 spiro atoms. The second-order valence-corrected chi connectivity index (χ2v) is 7.88. The molecule has 0 saturated heterocycles. The third kappa shape index (κ3) is 4.95. The van der Waals surface area contributed by atoms with E-state index in [0.29, 0.717) is 0 Å². The van der Waals surface area contributed by atoms with Crippen molar-refractivity contribution in [3.63, 3.8) is 0 Å². The van der Waals surface area contributed by atoms with Gasteiger partial charge >= 0.3 is 129 Å². The van der Waals surface area contributed by atoms with Crippen LogP contribution in [0.4, 0.5) is 0 Å². The molecule has 11 heteroatoms. The van der Waals surface area contributed by atoms with Gasteiger partial charge in [0, 0.05) is 0 Å². The summed E-state index contributed by atoms with van der Waals surface area (Å²) in [6.45, 7) is 3.78. The summed E-state index contributed by atoms with van der Waals surface area (Å²) in [6, 6.07) is 0. The van der Waals surface area contributed by atoms with Crippen LogP contribution >= 0.6 is 0 Å². The molecule has 0 fully saturated rings. The number of hydrogen-bond acceptors (Lipinski definition) is 10. The van der Waals surface area contributed by atoms with Crippen molar-refractivity contribution in [2.24, 2.45) is 11.5 Å². The fourth-order valence-corrected chi connectivity index (χ4v) is 5.29. The Morgan fingerprint density at radius 2 is 1.09 bits per heavy atom. The topological polar surface area (TPSA) is 157 Å². The van der Waals surface area contributed by atoms with E-state index in [2.05, 4.69) is 0 Å². The molecule has 4 N–H and O–H groups in total. The fraction of sp³-hybridized carbons (Fsp3) is 0.636. The summed E-state index contributed by atoms with van der Waals surface area (Å²) in [5.41, 5.74) is 11.3. The van der Waals surface area contributed by atoms with Crippen LogP contribution in [0.5, 0.6) is 0 Å². The zero-order valence-corrected chi connectivity index (χ0v) is 13.9. The number of nitrogens with two attached hydrogens (primary N) is 2. The number of hydrogen-bond donors (Lipinski definition) is 2. The predicted octanol–water partition coefficient (Wildman–Crippen LogP) is -0.778. The third-order valence-corrected chi connectivity index (χ3v) is 6.34. The molecule has 0 heterocycles. The molecule has 0 aromatic heterocycles. The van der Waals surface area contributed by atoms with Gasteiger partial charge in [0.05, 0.1) is 0 Å². The van der Waals surface area contributed by atoms with Crippen LogP contribution in [0.1, 0.15) is 34.1 Å². The Hall–Kier alpha value is -1.68. The van der Waals surface area contributed by atoms with Gasteiger partial charge in [0.1, 0.15) is 0 Å². The van der Waals surface area contributed by atoms with Gasteiger partial charge in [0.2, 0.25) is 0 Å². The summed E-state index contributed by atoms with van der Waals surface area (Å²) in [6.07, 6.45) is -0.107. The van der Waals surface area contributed by atoms with Crippen molar-refractivity contribution in [2.75, 3.05) is 6.54 Å². The SMILES string of the molecule is CC(=O)[O][Fe]([O]C(C)=O)([O]C(C)=O)([O]C(C)=O)[CH](N)CCN. The molecular formula is C11H21FeN2O8. The maximum atomic E-state index is 11.5. The molecule has 0 aliphatic rings. The van der Waals surface area contributed by atoms with Gasteiger partial charge in [-0.15, -0.1) is 0 Å². The van der Waals surface area contributed by atoms with Gasteiger partial charge in [0.15, 0.2) is 0 Å². The standard InChI is InChI=1S/C3H9N2.4C2H4O2.Fe/c4-2-1-3-5;4*1-2(3)4;/h2H,1,3-5H2;4*1H3,(H,3,4);/q;;;;;+4/p-4. The Morgan fingerprint density at radius 3 is 1.27 bits per heavy atom. The summed E-state index contributed by atoms with van der Waals surface area (Å²) in [5, 5.41) is 0. The maximum absolute atomic E-state index is 11.5. The number of rotatable bonds is 7. The minimum absolute atomic E-state index is 0.0348. The summed E-state index contributed by atoms with van der Waals surface area (Å²) < 4.78 is 19.9. The second-order valence-electron chi connectivity index (χ2n) is 4.02. The Morgan fingerprint density at radius 1 is 0.818 bits per heavy atom. The Balaban J connectivity index is 6.37. The molecule has 0 radical (unpaired) electrons. The first-order valence-corrected chi connectivity index (χ1v) is 8.50. The first kappa shape index (κ1) is 20.3. The van der Waals surface area contributed by atoms with Gasteiger partial charge in [-0.05, 0) is 0 Å². The van der Waals surface area contributed by atoms with Gasteiger partial charge in [-0.1, -0.05) is 0 Å². The summed E-state index contributed by atoms with van der Waals surface area (Å²) >= 11 is -5.58. The van der Waals surface area contributed by atoms with Crippen LogP contribution in [0.25, 0.3) is 0 Å². The van der Waals surface area contributed by atoms with E-state index in [4.69, 9.17) is 26.7 Å². The molecule has 0 bridgehead atoms. The van der Waals surface area contributed by atoms with Crippen molar-refractivity contribution >= 4 is 23.9 Å². The fourth-order valence-electron chi connectivity index (χ4n) is 1.36. The van der Waals surface area contributed by atoms with Crippen molar-refractivity contribution < 1.29 is 47.6 Å². The second kappa shape index (κ2) is 7.54. The van der Waals surface area contributed by atoms with Gasteiger partial charge in [0.25, 0.3) is 0 Å². The molecule has 0 aromatic carbocycles. The molecule has 0 aromatic rings. The Kier molecular flexibility index (Phi) is 6.97. The van der Waals surface area contributed by atoms with Crippen LogP contribution in [0.3, 0.4) is 0 Å². The number of carbonyl (C=O) groups is 4. The van der Waals surface area contributed by atoms with Crippen LogP contribution < -0.4 is 11.5 Å². The predicted molar refractivity (Wildman–Crippen MR) is 68.7 cm³/mol. The zero-order chi connectivity index (χ0) is 17.6. The normalized spacial score (nSPS) is 14.0. The molecular weight excluding hydrogens is 344 g/mol. The van der Waals surface area contributed by atoms with E-state index in [1.807, 2.05) is 0 Å². The van der Waals surface area contributed by atoms with E-state index in [-0.39, 0.29) is 13.0 Å². The molecule has 0 saturated carbocycles. The summed E-state index contributed by atoms with van der Waals surface area (Å²) in [5.74, 6) is -4.06. The van der Waals surface area contributed by atoms with Gasteiger partial charge in [-0.2, -0.15) is 0 Å². The van der Waals surface area contributed by atoms with E-state index in [9.17, 15) is 19.2 Å². The van der Waals surface area contributed by atoms with Crippen molar-refractivity contribution in [3.05, 3.63) is 0 Å². The van der Waals surface area contributed by atoms with Gasteiger partial charge in [-0.25, -0.2) is 0 Å². The zero-order valence-electron chi connectivity index (χ0n) is 12.8. The monoisotopic (exact) mass is 365 g/mol. The van der Waals surface area contributed by atoms with E-state index >= 15 is 0 Å². The van der Waals surface area contributed by atoms with Crippen LogP contribution in [-0.4, -0.2) is 35.4 Å². The van der Waals surface area contributed by atoms with Gasteiger partial charge < -0.3 is 0 Å². The van der Waals surface area contributed by atoms with Crippen LogP contribution in [0, 0.1) is 0 Å². The van der Waals surface area contributed by atoms with Crippen LogP contribution in [0.2, 0.25) is 0 Å². The van der Waals surface area contributed by atoms with Crippen LogP contribution in [-0.2, 0) is 47.6 Å². The van der Waals surface area contributed by atoms with E-state index in [1.54, 1.807) is 0 Å². The van der Waals surface area contributed by atoms with E-state index in [1.165, 1.54) is 0 Å². The van der Waals surface area contributed by atoms with Crippen molar-refractivity contribution in [3.8, 4) is 0 Å². The number of carbonyl (C=O) groups excluding carboxylic acids is 4. The summed E-state index contributed by atoms with van der Waals surface area (Å²) in [7, 11) is 0. The average Bonchev–Trinajstić information content (AvgIpc) is 2.24. The molecule has 0 amide bonds. The third-order valence-electron chi connectivity index (χ3n) is 1.79. The molecule has 1 atom stereocenters. The molecule has 10 nitrogen and oxygen atoms in total. The molecule has 0 rings (SSSR count). The first-order valence-electron chi connectivity index (χ1n) is 6.06. The Labute approximate surface area is 129 Å². The molecule has 0 aliphatic carbocycles. The summed E-state index contributed by atoms with van der Waals surface area (Å²) in [4.78, 5) is 44.4. The quantitative estimate of drug-likeness (QED) is 0.548. The molecule has 0 aliphatic heterocycles. The molecule has 1 unspecified atom stereocenters. The van der Waals surface area contributed by atoms with Crippen LogP contribution in [0.15, 0.2) is 0 Å². The van der Waals surface area contributed by atoms with Crippen molar-refractivity contribution in [2.45, 2.75) is 39.1 Å². The molecule has 131 valence electrons. The molecule has 22 heavy (non-hydrogen) atoms. The first-order chi connectivity index (χ1) is 9.97. The van der Waals surface area contributed by atoms with E-state index in [0.717, 1.165) is 27.7 Å². The van der Waals surface area contributed by atoms with Crippen molar-refractivity contribution in [1.29, 1.82) is 0 Å². The minimum atomic E-state index is -5.58. The van der Waals surface area contributed by atoms with E-state index < -0.39 is 41.9 Å². The van der Waals surface area contributed by atoms with Crippen molar-refractivity contribution in [1.82, 2.24) is 0 Å².